The van der Waals surface area contributed by atoms with Crippen molar-refractivity contribution in [2.75, 3.05) is 7.11 Å². The first-order valence-corrected chi connectivity index (χ1v) is 11.7. The highest BCUT2D eigenvalue weighted by Gasteiger charge is 2.52. The highest BCUT2D eigenvalue weighted by molar-refractivity contribution is 5.71. The van der Waals surface area contributed by atoms with Crippen LogP contribution in [0.1, 0.15) is 62.8 Å². The van der Waals surface area contributed by atoms with Crippen molar-refractivity contribution in [2.45, 2.75) is 70.7 Å². The van der Waals surface area contributed by atoms with Crippen molar-refractivity contribution in [2.24, 2.45) is 11.8 Å². The van der Waals surface area contributed by atoms with Crippen molar-refractivity contribution in [3.63, 3.8) is 0 Å². The summed E-state index contributed by atoms with van der Waals surface area (Å²) in [7, 11) is 1.65. The second-order valence-corrected chi connectivity index (χ2v) is 9.56. The van der Waals surface area contributed by atoms with Crippen LogP contribution in [-0.2, 0) is 22.4 Å². The number of hydrogen-bond donors (Lipinski definition) is 1. The van der Waals surface area contributed by atoms with Crippen molar-refractivity contribution in [3.8, 4) is 11.5 Å². The van der Waals surface area contributed by atoms with Crippen LogP contribution in [0, 0.1) is 11.8 Å². The Hall–Kier alpha value is -2.53. The Bertz CT molecular complexity index is 966. The lowest BCUT2D eigenvalue weighted by atomic mass is 9.71. The van der Waals surface area contributed by atoms with Crippen molar-refractivity contribution in [3.05, 3.63) is 59.2 Å². The second kappa shape index (κ2) is 9.14. The summed E-state index contributed by atoms with van der Waals surface area (Å²) in [5.41, 5.74) is 2.90. The van der Waals surface area contributed by atoms with Crippen molar-refractivity contribution in [1.82, 2.24) is 0 Å². The van der Waals surface area contributed by atoms with Crippen LogP contribution in [0.3, 0.4) is 0 Å². The lowest BCUT2D eigenvalue weighted by molar-refractivity contribution is -0.188. The zero-order chi connectivity index (χ0) is 22.9. The van der Waals surface area contributed by atoms with Gasteiger partial charge in [0.05, 0.1) is 25.2 Å². The average molecular weight is 439 g/mol. The maximum Gasteiger partial charge on any atom is 0.309 e. The Morgan fingerprint density at radius 3 is 2.69 bits per heavy atom. The molecule has 0 radical (unpaired) electrons. The van der Waals surface area contributed by atoms with Gasteiger partial charge in [0.15, 0.2) is 0 Å². The molecule has 0 unspecified atom stereocenters. The number of ether oxygens (including phenoxy) is 3. The van der Waals surface area contributed by atoms with Gasteiger partial charge in [-0.05, 0) is 62.8 Å². The van der Waals surface area contributed by atoms with E-state index in [2.05, 4.69) is 39.0 Å². The van der Waals surface area contributed by atoms with Gasteiger partial charge in [-0.1, -0.05) is 43.7 Å². The van der Waals surface area contributed by atoms with E-state index < -0.39 is 17.5 Å². The van der Waals surface area contributed by atoms with Crippen molar-refractivity contribution in [1.29, 1.82) is 0 Å². The third-order valence-electron chi connectivity index (χ3n) is 7.02. The summed E-state index contributed by atoms with van der Waals surface area (Å²) in [5, 5.41) is 10.0. The molecule has 1 N–H and O–H groups in total. The number of para-hydroxylation sites is 1. The van der Waals surface area contributed by atoms with Gasteiger partial charge in [0, 0.05) is 11.5 Å². The van der Waals surface area contributed by atoms with Gasteiger partial charge < -0.3 is 19.3 Å². The Labute approximate surface area is 190 Å². The molecule has 32 heavy (non-hydrogen) atoms. The highest BCUT2D eigenvalue weighted by atomic mass is 16.5. The zero-order valence-electron chi connectivity index (χ0n) is 19.5. The molecular formula is C27H34O5. The average Bonchev–Trinajstić information content (AvgIpc) is 2.78. The van der Waals surface area contributed by atoms with Gasteiger partial charge in [-0.2, -0.15) is 0 Å². The summed E-state index contributed by atoms with van der Waals surface area (Å²) < 4.78 is 18.5. The molecule has 1 fully saturated rings. The van der Waals surface area contributed by atoms with Gasteiger partial charge in [-0.15, -0.1) is 0 Å². The molecule has 0 aliphatic carbocycles. The summed E-state index contributed by atoms with van der Waals surface area (Å²) in [6.07, 6.45) is 3.43. The standard InChI is InChI=1S/C27H34O5/c1-5-8-18-10-7-12-20-24(18)32-27(2,3)22-16-21(26(28)29)23(31-25(20)22)14-13-17-9-6-11-19(15-17)30-4/h6-7,9-12,15,21-23,25H,5,8,13-14,16H2,1-4H3,(H,28,29)/t21-,22+,23+,25-/m1/s1. The molecule has 0 bridgehead atoms. The summed E-state index contributed by atoms with van der Waals surface area (Å²) in [6, 6.07) is 14.2. The van der Waals surface area contributed by atoms with Gasteiger partial charge in [-0.25, -0.2) is 0 Å². The quantitative estimate of drug-likeness (QED) is 0.610. The van der Waals surface area contributed by atoms with E-state index >= 15 is 0 Å². The molecule has 5 heteroatoms. The predicted octanol–water partition coefficient (Wildman–Crippen LogP) is 5.60. The number of aryl methyl sites for hydroxylation is 2. The molecule has 2 aliphatic heterocycles. The van der Waals surface area contributed by atoms with Gasteiger partial charge in [-0.3, -0.25) is 4.79 Å². The molecule has 2 aromatic carbocycles. The van der Waals surface area contributed by atoms with E-state index in [0.717, 1.165) is 41.9 Å². The first kappa shape index (κ1) is 22.7. The Morgan fingerprint density at radius 2 is 1.97 bits per heavy atom. The van der Waals surface area contributed by atoms with Crippen LogP contribution >= 0.6 is 0 Å². The van der Waals surface area contributed by atoms with E-state index in [1.807, 2.05) is 24.3 Å². The third-order valence-corrected chi connectivity index (χ3v) is 7.02. The lowest BCUT2D eigenvalue weighted by Gasteiger charge is -2.50. The lowest BCUT2D eigenvalue weighted by Crippen LogP contribution is -2.52. The first-order valence-electron chi connectivity index (χ1n) is 11.7. The van der Waals surface area contributed by atoms with E-state index in [1.54, 1.807) is 7.11 Å². The smallest absolute Gasteiger partial charge is 0.309 e. The summed E-state index contributed by atoms with van der Waals surface area (Å²) >= 11 is 0. The number of hydrogen-bond acceptors (Lipinski definition) is 4. The minimum atomic E-state index is -0.791. The summed E-state index contributed by atoms with van der Waals surface area (Å²) in [6.45, 7) is 6.30. The monoisotopic (exact) mass is 438 g/mol. The van der Waals surface area contributed by atoms with Crippen molar-refractivity contribution >= 4 is 5.97 Å². The summed E-state index contributed by atoms with van der Waals surface area (Å²) in [4.78, 5) is 12.2. The molecule has 1 saturated heterocycles. The van der Waals surface area contributed by atoms with Crippen LogP contribution < -0.4 is 9.47 Å². The molecule has 4 atom stereocenters. The van der Waals surface area contributed by atoms with Gasteiger partial charge in [0.25, 0.3) is 0 Å². The summed E-state index contributed by atoms with van der Waals surface area (Å²) in [5.74, 6) is 0.387. The molecule has 2 aromatic rings. The predicted molar refractivity (Wildman–Crippen MR) is 123 cm³/mol. The van der Waals surface area contributed by atoms with E-state index in [1.165, 1.54) is 5.56 Å². The maximum atomic E-state index is 12.2. The van der Waals surface area contributed by atoms with E-state index in [4.69, 9.17) is 14.2 Å². The SMILES string of the molecule is CCCc1cccc2c1OC(C)(C)[C@H]1C[C@@H](C(=O)O)[C@H](CCc3cccc(OC)c3)O[C@H]21. The third kappa shape index (κ3) is 4.36. The molecule has 0 amide bonds. The highest BCUT2D eigenvalue weighted by Crippen LogP contribution is 2.53. The Morgan fingerprint density at radius 1 is 1.19 bits per heavy atom. The first-order chi connectivity index (χ1) is 15.3. The second-order valence-electron chi connectivity index (χ2n) is 9.56. The number of benzene rings is 2. The fourth-order valence-electron chi connectivity index (χ4n) is 5.29. The van der Waals surface area contributed by atoms with Gasteiger partial charge in [0.2, 0.25) is 0 Å². The Balaban J connectivity index is 1.62. The number of rotatable bonds is 7. The zero-order valence-corrected chi connectivity index (χ0v) is 19.5. The van der Waals surface area contributed by atoms with Crippen LogP contribution in [0.4, 0.5) is 0 Å². The minimum Gasteiger partial charge on any atom is -0.497 e. The van der Waals surface area contributed by atoms with Crippen LogP contribution in [0.2, 0.25) is 0 Å². The van der Waals surface area contributed by atoms with E-state index in [9.17, 15) is 9.90 Å². The molecule has 0 saturated carbocycles. The molecule has 2 heterocycles. The normalized spacial score (nSPS) is 25.9. The van der Waals surface area contributed by atoms with Crippen LogP contribution in [0.25, 0.3) is 0 Å². The number of carboxylic acids is 1. The molecular weight excluding hydrogens is 404 g/mol. The fourth-order valence-corrected chi connectivity index (χ4v) is 5.29. The van der Waals surface area contributed by atoms with E-state index in [-0.39, 0.29) is 18.1 Å². The minimum absolute atomic E-state index is 0.0129. The van der Waals surface area contributed by atoms with Gasteiger partial charge in [0.1, 0.15) is 17.1 Å². The van der Waals surface area contributed by atoms with Crippen molar-refractivity contribution < 1.29 is 24.1 Å². The number of carboxylic acid groups (broad SMARTS) is 1. The molecule has 5 nitrogen and oxygen atoms in total. The molecule has 172 valence electrons. The fraction of sp³-hybridized carbons (Fsp3) is 0.519. The number of methoxy groups -OCH3 is 1. The van der Waals surface area contributed by atoms with E-state index in [0.29, 0.717) is 12.8 Å². The molecule has 0 spiro atoms. The van der Waals surface area contributed by atoms with Gasteiger partial charge >= 0.3 is 5.97 Å². The van der Waals surface area contributed by atoms with Crippen LogP contribution in [0.15, 0.2) is 42.5 Å². The number of fused-ring (bicyclic) bond motifs is 3. The van der Waals surface area contributed by atoms with Crippen LogP contribution in [0.5, 0.6) is 11.5 Å². The number of aliphatic carboxylic acids is 1. The molecule has 2 aliphatic rings. The van der Waals surface area contributed by atoms with Crippen LogP contribution in [-0.4, -0.2) is 29.9 Å². The number of carbonyl (C=O) groups is 1. The molecule has 4 rings (SSSR count). The maximum absolute atomic E-state index is 12.2. The molecule has 0 aromatic heterocycles. The topological polar surface area (TPSA) is 65.0 Å². The largest absolute Gasteiger partial charge is 0.497 e. The Kier molecular flexibility index (Phi) is 6.47.